The maximum Gasteiger partial charge on any atom is 0.228 e. The first-order chi connectivity index (χ1) is 33.1. The highest BCUT2D eigenvalue weighted by Gasteiger charge is 2.62. The third kappa shape index (κ3) is 9.07. The van der Waals surface area contributed by atoms with Crippen LogP contribution in [-0.4, -0.2) is 36.5 Å². The lowest BCUT2D eigenvalue weighted by Gasteiger charge is -2.58. The molecule has 6 unspecified atom stereocenters. The number of nitrogens with one attached hydrogen (secondary N) is 4. The Morgan fingerprint density at radius 2 is 0.958 bits per heavy atom. The van der Waals surface area contributed by atoms with Gasteiger partial charge in [0.1, 0.15) is 0 Å². The molecule has 386 valence electrons. The first kappa shape index (κ1) is 51.7. The Labute approximate surface area is 428 Å². The van der Waals surface area contributed by atoms with Crippen molar-refractivity contribution in [2.24, 2.45) is 69.0 Å². The van der Waals surface area contributed by atoms with Crippen molar-refractivity contribution in [2.45, 2.75) is 190 Å². The van der Waals surface area contributed by atoms with E-state index in [0.717, 1.165) is 88.7 Å². The Morgan fingerprint density at radius 1 is 0.535 bits per heavy atom. The number of aryl methyl sites for hydroxylation is 1. The van der Waals surface area contributed by atoms with Crippen LogP contribution in [0.25, 0.3) is 0 Å². The van der Waals surface area contributed by atoms with E-state index in [1.54, 1.807) is 0 Å². The Kier molecular flexibility index (Phi) is 13.1. The summed E-state index contributed by atoms with van der Waals surface area (Å²) in [5.41, 5.74) is 9.34. The number of anilines is 2. The first-order valence-corrected chi connectivity index (χ1v) is 27.9. The topological polar surface area (TPSA) is 116 Å². The quantitative estimate of drug-likeness (QED) is 0.243. The fourth-order valence-electron chi connectivity index (χ4n) is 16.8. The number of benzene rings is 2. The first-order valence-electron chi connectivity index (χ1n) is 27.9. The van der Waals surface area contributed by atoms with E-state index in [0.29, 0.717) is 48.3 Å². The predicted octanol–water partition coefficient (Wildman–Crippen LogP) is 13.3. The van der Waals surface area contributed by atoms with Crippen molar-refractivity contribution in [2.75, 3.05) is 23.7 Å². The van der Waals surface area contributed by atoms with Crippen LogP contribution in [-0.2, 0) is 35.4 Å². The smallest absolute Gasteiger partial charge is 0.228 e. The molecule has 6 aliphatic carbocycles. The van der Waals surface area contributed by atoms with Crippen LogP contribution in [0.15, 0.2) is 59.9 Å². The Bertz CT molecular complexity index is 2530. The summed E-state index contributed by atoms with van der Waals surface area (Å²) < 4.78 is 0. The fourth-order valence-corrected chi connectivity index (χ4v) is 16.8. The molecule has 2 aromatic rings. The number of fused-ring (bicyclic) bond motifs is 10. The predicted molar refractivity (Wildman–Crippen MR) is 289 cm³/mol. The van der Waals surface area contributed by atoms with Gasteiger partial charge in [0, 0.05) is 83.5 Å². The molecular formula is C63H90N4O4. The second kappa shape index (κ2) is 18.0. The lowest BCUT2D eigenvalue weighted by Crippen LogP contribution is -2.57. The van der Waals surface area contributed by atoms with E-state index in [1.165, 1.54) is 33.6 Å². The molecule has 2 saturated heterocycles. The molecular weight excluding hydrogens is 877 g/mol. The zero-order chi connectivity index (χ0) is 51.4. The van der Waals surface area contributed by atoms with Crippen LogP contribution in [0.2, 0.25) is 0 Å². The van der Waals surface area contributed by atoms with Crippen LogP contribution < -0.4 is 21.3 Å². The standard InChI is InChI=1S/C33H48N2O2.C30H42N2O2/c1-30(2,3)20-9-10-25(31(4,5)6)27(17-20)35-29(37)26-12-11-23-22-19-34-28-18-21(36)13-15-33(28,8)24(22)14-16-32(23,26)7;1-18-7-8-23(28(2,3)4)25(15-18)32-27(34)24-10-9-21-20-17-31-26-16-19(33)11-13-30(26,6)22(20)12-14-29(21,24)5/h9-10,17-18,22-24,26,34H,11-16,19H2,1-8H3,(H,35,37);7-8,15-16,20-22,24,31H,9-14,17H2,1-6H3,(H,32,34)/t22?,23?,24?,26-,32+,33-;20?,21?,22?,24-,29+,30-/m11/s1. The van der Waals surface area contributed by atoms with E-state index in [4.69, 9.17) is 0 Å². The van der Waals surface area contributed by atoms with Crippen LogP contribution in [0.5, 0.6) is 0 Å². The summed E-state index contributed by atoms with van der Waals surface area (Å²) in [5, 5.41) is 14.2. The minimum absolute atomic E-state index is 0.0215. The molecule has 10 rings (SSSR count). The fraction of sp³-hybridized carbons (Fsp3) is 0.683. The van der Waals surface area contributed by atoms with Crippen molar-refractivity contribution in [3.05, 3.63) is 82.2 Å². The van der Waals surface area contributed by atoms with Gasteiger partial charge in [0.15, 0.2) is 11.6 Å². The maximum atomic E-state index is 14.0. The Morgan fingerprint density at radius 3 is 1.38 bits per heavy atom. The normalized spacial score (nSPS) is 36.3. The summed E-state index contributed by atoms with van der Waals surface area (Å²) in [7, 11) is 0. The van der Waals surface area contributed by atoms with Gasteiger partial charge in [0.25, 0.3) is 0 Å². The third-order valence-electron chi connectivity index (χ3n) is 21.0. The average molecular weight is 967 g/mol. The number of carbonyl (C=O) groups excluding carboxylic acids is 4. The summed E-state index contributed by atoms with van der Waals surface area (Å²) in [6, 6.07) is 13.1. The van der Waals surface area contributed by atoms with Crippen molar-refractivity contribution in [1.29, 1.82) is 0 Å². The minimum Gasteiger partial charge on any atom is -0.387 e. The molecule has 0 aromatic heterocycles. The zero-order valence-corrected chi connectivity index (χ0v) is 46.3. The molecule has 4 saturated carbocycles. The van der Waals surface area contributed by atoms with Gasteiger partial charge in [0.05, 0.1) is 0 Å². The molecule has 2 amide bonds. The monoisotopic (exact) mass is 967 g/mol. The molecule has 8 heteroatoms. The molecule has 0 spiro atoms. The number of carbonyl (C=O) groups is 4. The van der Waals surface area contributed by atoms with E-state index >= 15 is 0 Å². The summed E-state index contributed by atoms with van der Waals surface area (Å²) in [5.74, 6) is 4.52. The van der Waals surface area contributed by atoms with E-state index in [2.05, 4.69) is 155 Å². The third-order valence-corrected chi connectivity index (χ3v) is 21.0. The highest BCUT2D eigenvalue weighted by Crippen LogP contribution is 2.66. The Hall–Kier alpha value is -4.20. The van der Waals surface area contributed by atoms with E-state index in [9.17, 15) is 19.2 Å². The van der Waals surface area contributed by atoms with Gasteiger partial charge in [-0.1, -0.05) is 114 Å². The van der Waals surface area contributed by atoms with E-state index in [-0.39, 0.29) is 73.1 Å². The molecule has 6 fully saturated rings. The van der Waals surface area contributed by atoms with Gasteiger partial charge in [-0.15, -0.1) is 0 Å². The summed E-state index contributed by atoms with van der Waals surface area (Å²) in [6.07, 6.45) is 15.7. The lowest BCUT2D eigenvalue weighted by atomic mass is 9.50. The van der Waals surface area contributed by atoms with Crippen molar-refractivity contribution in [1.82, 2.24) is 10.6 Å². The molecule has 2 heterocycles. The summed E-state index contributed by atoms with van der Waals surface area (Å²) in [6.45, 7) is 33.5. The molecule has 2 aromatic carbocycles. The minimum atomic E-state index is -0.0466. The van der Waals surface area contributed by atoms with Crippen molar-refractivity contribution in [3.63, 3.8) is 0 Å². The van der Waals surface area contributed by atoms with Gasteiger partial charge in [-0.2, -0.15) is 0 Å². The maximum absolute atomic E-state index is 14.0. The molecule has 71 heavy (non-hydrogen) atoms. The molecule has 2 aliphatic heterocycles. The second-order valence-electron chi connectivity index (χ2n) is 28.3. The van der Waals surface area contributed by atoms with Gasteiger partial charge in [-0.05, 0) is 168 Å². The van der Waals surface area contributed by atoms with Gasteiger partial charge in [0.2, 0.25) is 11.8 Å². The highest BCUT2D eigenvalue weighted by molar-refractivity contribution is 5.95. The number of amides is 2. The Balaban J connectivity index is 0.000000176. The van der Waals surface area contributed by atoms with Crippen LogP contribution in [0, 0.1) is 75.9 Å². The number of piperidine rings is 2. The molecule has 4 N–H and O–H groups in total. The molecule has 0 radical (unpaired) electrons. The van der Waals surface area contributed by atoms with Crippen molar-refractivity contribution >= 4 is 34.8 Å². The van der Waals surface area contributed by atoms with Gasteiger partial charge in [-0.25, -0.2) is 0 Å². The SMILES string of the molecule is CC(C)(C)c1ccc(C(C)(C)C)c(NC(=O)[C@H]2CCC3C4CNC5=CC(=O)CC[C@]5(C)C4CC[C@@]32C)c1.Cc1ccc(C(C)(C)C)c(NC(=O)[C@H]2CCC3C4CNC5=CC(=O)CC[C@]5(C)C4CC[C@@]32C)c1. The molecule has 12 atom stereocenters. The van der Waals surface area contributed by atoms with Gasteiger partial charge >= 0.3 is 0 Å². The molecule has 8 nitrogen and oxygen atoms in total. The number of hydrogen-bond donors (Lipinski definition) is 4. The van der Waals surface area contributed by atoms with Crippen molar-refractivity contribution in [3.8, 4) is 0 Å². The van der Waals surface area contributed by atoms with Crippen LogP contribution in [0.4, 0.5) is 11.4 Å². The largest absolute Gasteiger partial charge is 0.387 e. The van der Waals surface area contributed by atoms with Crippen LogP contribution in [0.3, 0.4) is 0 Å². The average Bonchev–Trinajstić information content (AvgIpc) is 3.83. The number of ketones is 2. The zero-order valence-electron chi connectivity index (χ0n) is 46.3. The number of rotatable bonds is 4. The van der Waals surface area contributed by atoms with Crippen LogP contribution >= 0.6 is 0 Å². The lowest BCUT2D eigenvalue weighted by molar-refractivity contribution is -0.128. The van der Waals surface area contributed by atoms with Gasteiger partial charge in [-0.3, -0.25) is 19.2 Å². The summed E-state index contributed by atoms with van der Waals surface area (Å²) >= 11 is 0. The molecule has 0 bridgehead atoms. The number of allylic oxidation sites excluding steroid dienone is 4. The second-order valence-corrected chi connectivity index (χ2v) is 28.3. The van der Waals surface area contributed by atoms with Crippen LogP contribution in [0.1, 0.15) is 189 Å². The number of hydrogen-bond acceptors (Lipinski definition) is 6. The van der Waals surface area contributed by atoms with Gasteiger partial charge < -0.3 is 21.3 Å². The van der Waals surface area contributed by atoms with Crippen molar-refractivity contribution < 1.29 is 19.2 Å². The highest BCUT2D eigenvalue weighted by atomic mass is 16.2. The molecule has 8 aliphatic rings. The van der Waals surface area contributed by atoms with E-state index in [1.807, 2.05) is 12.2 Å². The van der Waals surface area contributed by atoms with E-state index < -0.39 is 0 Å². The summed E-state index contributed by atoms with van der Waals surface area (Å²) in [4.78, 5) is 52.0.